The quantitative estimate of drug-likeness (QED) is 0.600. The summed E-state index contributed by atoms with van der Waals surface area (Å²) in [5, 5.41) is 9.07. The van der Waals surface area contributed by atoms with E-state index in [1.165, 1.54) is 12.3 Å². The molecule has 1 fully saturated rings. The van der Waals surface area contributed by atoms with E-state index in [1.54, 1.807) is 4.90 Å². The van der Waals surface area contributed by atoms with Crippen molar-refractivity contribution in [3.8, 4) is 6.07 Å². The summed E-state index contributed by atoms with van der Waals surface area (Å²) in [5.41, 5.74) is 2.68. The fraction of sp³-hybridized carbons (Fsp3) is 0.364. The van der Waals surface area contributed by atoms with Gasteiger partial charge < -0.3 is 15.1 Å². The van der Waals surface area contributed by atoms with Gasteiger partial charge in [-0.15, -0.1) is 0 Å². The molecule has 1 aliphatic heterocycles. The van der Waals surface area contributed by atoms with Crippen LogP contribution in [0.25, 0.3) is 0 Å². The highest BCUT2D eigenvalue weighted by molar-refractivity contribution is 6.33. The average molecular weight is 282 g/mol. The lowest BCUT2D eigenvalue weighted by Crippen LogP contribution is -2.45. The van der Waals surface area contributed by atoms with Gasteiger partial charge in [-0.2, -0.15) is 5.26 Å². The topological polar surface area (TPSA) is 104 Å². The predicted molar refractivity (Wildman–Crippen MR) is 68.3 cm³/mol. The maximum absolute atomic E-state index is 12.2. The Hall–Kier alpha value is -1.88. The normalized spacial score (nSPS) is 18.8. The molecule has 2 rings (SSSR count). The summed E-state index contributed by atoms with van der Waals surface area (Å²) in [7, 11) is 0. The van der Waals surface area contributed by atoms with E-state index in [9.17, 15) is 4.79 Å². The Morgan fingerprint density at radius 1 is 1.74 bits per heavy atom. The number of nitrogen functional groups attached to an aromatic ring is 1. The first kappa shape index (κ1) is 13.5. The molecule has 0 aliphatic carbocycles. The number of anilines is 1. The number of halogens is 1. The van der Waals surface area contributed by atoms with Gasteiger partial charge in [0.1, 0.15) is 0 Å². The van der Waals surface area contributed by atoms with Crippen LogP contribution in [0.2, 0.25) is 5.02 Å². The molecule has 0 aromatic carbocycles. The van der Waals surface area contributed by atoms with Gasteiger partial charge in [0.25, 0.3) is 5.91 Å². The lowest BCUT2D eigenvalue weighted by atomic mass is 10.2. The number of nitrogens with two attached hydrogens (primary N) is 1. The third-order valence-corrected chi connectivity index (χ3v) is 3.01. The molecule has 0 radical (unpaired) electrons. The van der Waals surface area contributed by atoms with Crippen molar-refractivity contribution in [3.63, 3.8) is 0 Å². The maximum Gasteiger partial charge on any atom is 0.255 e. The van der Waals surface area contributed by atoms with E-state index in [4.69, 9.17) is 27.4 Å². The lowest BCUT2D eigenvalue weighted by molar-refractivity contribution is 0.00345. The fourth-order valence-corrected chi connectivity index (χ4v) is 1.98. The number of rotatable bonds is 2. The molecule has 1 aromatic heterocycles. The molecule has 2 heterocycles. The zero-order valence-electron chi connectivity index (χ0n) is 9.97. The molecular weight excluding hydrogens is 270 g/mol. The van der Waals surface area contributed by atoms with Gasteiger partial charge in [0, 0.05) is 12.7 Å². The van der Waals surface area contributed by atoms with Crippen LogP contribution in [0.1, 0.15) is 10.4 Å². The van der Waals surface area contributed by atoms with Crippen molar-refractivity contribution < 1.29 is 9.53 Å². The summed E-state index contributed by atoms with van der Waals surface area (Å²) < 4.78 is 5.18. The summed E-state index contributed by atoms with van der Waals surface area (Å²) in [4.78, 5) is 17.7. The van der Waals surface area contributed by atoms with Gasteiger partial charge in [0.15, 0.2) is 11.9 Å². The number of hydrazine groups is 1. The first-order valence-electron chi connectivity index (χ1n) is 5.58. The molecule has 0 saturated carbocycles. The van der Waals surface area contributed by atoms with E-state index in [0.717, 1.165) is 0 Å². The highest BCUT2D eigenvalue weighted by Crippen LogP contribution is 2.20. The molecule has 1 atom stereocenters. The number of amides is 1. The van der Waals surface area contributed by atoms with Gasteiger partial charge in [0.2, 0.25) is 0 Å². The molecule has 1 aromatic rings. The Labute approximate surface area is 114 Å². The monoisotopic (exact) mass is 281 g/mol. The van der Waals surface area contributed by atoms with Crippen LogP contribution in [0.3, 0.4) is 0 Å². The first-order valence-corrected chi connectivity index (χ1v) is 5.96. The predicted octanol–water partition coefficient (Wildman–Crippen LogP) is 0.385. The van der Waals surface area contributed by atoms with Crippen molar-refractivity contribution in [1.82, 2.24) is 9.88 Å². The molecule has 7 nitrogen and oxygen atoms in total. The zero-order valence-corrected chi connectivity index (χ0v) is 10.7. The molecule has 1 saturated heterocycles. The van der Waals surface area contributed by atoms with Gasteiger partial charge in [-0.05, 0) is 6.07 Å². The molecule has 1 unspecified atom stereocenters. The maximum atomic E-state index is 12.2. The minimum Gasteiger partial charge on any atom is -0.360 e. The summed E-state index contributed by atoms with van der Waals surface area (Å²) in [6.45, 7) is 1.02. The summed E-state index contributed by atoms with van der Waals surface area (Å²) in [5.74, 6) is 5.28. The average Bonchev–Trinajstić information content (AvgIpc) is 2.46. The summed E-state index contributed by atoms with van der Waals surface area (Å²) in [6, 6.07) is 3.47. The number of pyridine rings is 1. The zero-order chi connectivity index (χ0) is 13.8. The second-order valence-electron chi connectivity index (χ2n) is 3.94. The Morgan fingerprint density at radius 3 is 3.16 bits per heavy atom. The Morgan fingerprint density at radius 2 is 2.53 bits per heavy atom. The van der Waals surface area contributed by atoms with Crippen LogP contribution in [-0.2, 0) is 4.74 Å². The number of nitriles is 1. The minimum atomic E-state index is -0.592. The van der Waals surface area contributed by atoms with Crippen molar-refractivity contribution in [1.29, 1.82) is 5.26 Å². The van der Waals surface area contributed by atoms with E-state index >= 15 is 0 Å². The van der Waals surface area contributed by atoms with Crippen molar-refractivity contribution >= 4 is 23.3 Å². The third-order valence-electron chi connectivity index (χ3n) is 2.72. The summed E-state index contributed by atoms with van der Waals surface area (Å²) in [6.07, 6.45) is 0.798. The standard InChI is InChI=1S/C11H12ClN5O2/c12-9-3-7(5-15-10(9)16-14)11(18)17-1-2-19-8(4-13)6-17/h3,5,8H,1-2,6,14H2,(H,15,16). The lowest BCUT2D eigenvalue weighted by Gasteiger charge is -2.29. The van der Waals surface area contributed by atoms with Crippen LogP contribution in [0.15, 0.2) is 12.3 Å². The molecule has 3 N–H and O–H groups in total. The van der Waals surface area contributed by atoms with E-state index < -0.39 is 6.10 Å². The number of hydrogen-bond acceptors (Lipinski definition) is 6. The second-order valence-corrected chi connectivity index (χ2v) is 4.35. The number of nitrogens with zero attached hydrogens (tertiary/aromatic N) is 3. The number of morpholine rings is 1. The number of hydrogen-bond donors (Lipinski definition) is 2. The number of nitrogens with one attached hydrogen (secondary N) is 1. The molecule has 0 spiro atoms. The van der Waals surface area contributed by atoms with Gasteiger partial charge in [-0.3, -0.25) is 4.79 Å². The van der Waals surface area contributed by atoms with E-state index in [2.05, 4.69) is 10.4 Å². The van der Waals surface area contributed by atoms with Gasteiger partial charge in [-0.25, -0.2) is 10.8 Å². The molecular formula is C11H12ClN5O2. The Kier molecular flexibility index (Phi) is 4.16. The van der Waals surface area contributed by atoms with E-state index in [0.29, 0.717) is 24.5 Å². The fourth-order valence-electron chi connectivity index (χ4n) is 1.76. The van der Waals surface area contributed by atoms with Gasteiger partial charge in [-0.1, -0.05) is 11.6 Å². The molecule has 1 amide bonds. The van der Waals surface area contributed by atoms with Crippen LogP contribution in [0, 0.1) is 11.3 Å². The van der Waals surface area contributed by atoms with Crippen LogP contribution in [0.5, 0.6) is 0 Å². The van der Waals surface area contributed by atoms with Crippen molar-refractivity contribution in [3.05, 3.63) is 22.8 Å². The van der Waals surface area contributed by atoms with Crippen molar-refractivity contribution in [2.75, 3.05) is 25.1 Å². The number of carbonyl (C=O) groups excluding carboxylic acids is 1. The Balaban J connectivity index is 2.15. The van der Waals surface area contributed by atoms with Gasteiger partial charge in [0.05, 0.1) is 29.8 Å². The molecule has 100 valence electrons. The molecule has 19 heavy (non-hydrogen) atoms. The van der Waals surface area contributed by atoms with Crippen molar-refractivity contribution in [2.45, 2.75) is 6.10 Å². The molecule has 1 aliphatic rings. The third kappa shape index (κ3) is 2.93. The Bertz CT molecular complexity index is 530. The van der Waals surface area contributed by atoms with Crippen LogP contribution < -0.4 is 11.3 Å². The minimum absolute atomic E-state index is 0.235. The summed E-state index contributed by atoms with van der Waals surface area (Å²) >= 11 is 5.92. The van der Waals surface area contributed by atoms with Gasteiger partial charge >= 0.3 is 0 Å². The highest BCUT2D eigenvalue weighted by Gasteiger charge is 2.25. The highest BCUT2D eigenvalue weighted by atomic mass is 35.5. The SMILES string of the molecule is N#CC1CN(C(=O)c2cnc(NN)c(Cl)c2)CCO1. The number of aromatic nitrogens is 1. The largest absolute Gasteiger partial charge is 0.360 e. The van der Waals surface area contributed by atoms with Crippen LogP contribution in [0.4, 0.5) is 5.82 Å². The number of ether oxygens (including phenoxy) is 1. The van der Waals surface area contributed by atoms with Crippen LogP contribution in [-0.4, -0.2) is 41.6 Å². The molecule has 8 heteroatoms. The second kappa shape index (κ2) is 5.84. The molecule has 0 bridgehead atoms. The smallest absolute Gasteiger partial charge is 0.255 e. The van der Waals surface area contributed by atoms with Crippen LogP contribution >= 0.6 is 11.6 Å². The first-order chi connectivity index (χ1) is 9.15. The van der Waals surface area contributed by atoms with E-state index in [-0.39, 0.29) is 17.5 Å². The van der Waals surface area contributed by atoms with Crippen molar-refractivity contribution in [2.24, 2.45) is 5.84 Å². The number of carbonyl (C=O) groups is 1. The van der Waals surface area contributed by atoms with E-state index in [1.807, 2.05) is 6.07 Å².